The van der Waals surface area contributed by atoms with Crippen molar-refractivity contribution in [1.82, 2.24) is 0 Å². The third kappa shape index (κ3) is 22.8. The van der Waals surface area contributed by atoms with Gasteiger partial charge in [-0.15, -0.1) is 0 Å². The van der Waals surface area contributed by atoms with Crippen molar-refractivity contribution in [2.24, 2.45) is 5.92 Å². The fraction of sp³-hybridized carbons (Fsp3) is 0.465. The first-order valence-electron chi connectivity index (χ1n) is 28.7. The van der Waals surface area contributed by atoms with Gasteiger partial charge in [0.2, 0.25) is 0 Å². The van der Waals surface area contributed by atoms with Crippen LogP contribution in [-0.4, -0.2) is 35.3 Å². The van der Waals surface area contributed by atoms with E-state index in [2.05, 4.69) is 163 Å². The van der Waals surface area contributed by atoms with Gasteiger partial charge in [-0.3, -0.25) is 4.79 Å². The summed E-state index contributed by atoms with van der Waals surface area (Å²) in [5, 5.41) is 0. The second kappa shape index (κ2) is 28.5. The van der Waals surface area contributed by atoms with Crippen LogP contribution in [0.3, 0.4) is 0 Å². The van der Waals surface area contributed by atoms with Crippen LogP contribution in [-0.2, 0) is 68.7 Å². The first-order valence-corrected chi connectivity index (χ1v) is 28.7. The van der Waals surface area contributed by atoms with Gasteiger partial charge in [0.05, 0.1) is 5.76 Å². The van der Waals surface area contributed by atoms with E-state index >= 15 is 0 Å². The molecule has 0 aromatic heterocycles. The molecule has 0 radical (unpaired) electrons. The van der Waals surface area contributed by atoms with Gasteiger partial charge in [-0.05, 0) is 226 Å². The third-order valence-electron chi connectivity index (χ3n) is 14.1. The average molecular weight is 1040 g/mol. The largest absolute Gasteiger partial charge is 0.493 e. The lowest BCUT2D eigenvalue weighted by Crippen LogP contribution is -2.27. The summed E-state index contributed by atoms with van der Waals surface area (Å²) in [4.78, 5) is 24.8. The molecular formula is C71H92O6. The molecule has 412 valence electrons. The number of allylic oxidation sites excluding steroid dienone is 5. The van der Waals surface area contributed by atoms with Crippen LogP contribution in [0.1, 0.15) is 189 Å². The quantitative estimate of drug-likeness (QED) is 0.0385. The molecule has 0 fully saturated rings. The predicted molar refractivity (Wildman–Crippen MR) is 319 cm³/mol. The zero-order valence-corrected chi connectivity index (χ0v) is 48.9. The van der Waals surface area contributed by atoms with Gasteiger partial charge in [-0.1, -0.05) is 153 Å². The number of hydrogen-bond acceptors (Lipinski definition) is 6. The van der Waals surface area contributed by atoms with Crippen molar-refractivity contribution in [1.29, 1.82) is 0 Å². The summed E-state index contributed by atoms with van der Waals surface area (Å²) in [6.45, 7) is 26.2. The Morgan fingerprint density at radius 1 is 0.455 bits per heavy atom. The standard InChI is InChI=1S/C71H92O6/c1-51(2)47-60-27-23-55(24-28-60)35-43-64(62-39-31-57(32-40-62)21-22-59-36-44-66(45-37-59)74-50-68(73)77-71(10,11)12)49-65(48-61-29-25-56(26-30-61)38-46-67(72)76-70(7,8)9)63-41-33-58(34-42-63)20-19-54-17-15-53(16-18-54)14-13-52(3)75-69(4,5)6/h15,17,23-34,36-37,39-42,44-45,51,64-65H,3,13-14,16,18-22,35,38,43,46-50H2,1-2,4-12H3. The van der Waals surface area contributed by atoms with E-state index in [1.165, 1.54) is 55.7 Å². The Kier molecular flexibility index (Phi) is 22.2. The van der Waals surface area contributed by atoms with E-state index in [-0.39, 0.29) is 24.1 Å². The van der Waals surface area contributed by atoms with Crippen molar-refractivity contribution >= 4 is 11.9 Å². The second-order valence-corrected chi connectivity index (χ2v) is 25.1. The zero-order valence-electron chi connectivity index (χ0n) is 48.9. The second-order valence-electron chi connectivity index (χ2n) is 25.1. The highest BCUT2D eigenvalue weighted by atomic mass is 16.6. The van der Waals surface area contributed by atoms with Crippen molar-refractivity contribution in [3.63, 3.8) is 0 Å². The van der Waals surface area contributed by atoms with Gasteiger partial charge >= 0.3 is 11.9 Å². The average Bonchev–Trinajstić information content (AvgIpc) is 3.37. The van der Waals surface area contributed by atoms with Gasteiger partial charge in [-0.25, -0.2) is 4.79 Å². The Morgan fingerprint density at radius 2 is 0.870 bits per heavy atom. The molecule has 0 saturated carbocycles. The van der Waals surface area contributed by atoms with Gasteiger partial charge in [-0.2, -0.15) is 0 Å². The summed E-state index contributed by atoms with van der Waals surface area (Å²) < 4.78 is 22.7. The fourth-order valence-electron chi connectivity index (χ4n) is 10.2. The zero-order chi connectivity index (χ0) is 55.6. The number of rotatable bonds is 27. The molecule has 0 aliphatic heterocycles. The van der Waals surface area contributed by atoms with Crippen molar-refractivity contribution in [3.8, 4) is 5.75 Å². The van der Waals surface area contributed by atoms with E-state index in [9.17, 15) is 9.59 Å². The molecule has 2 atom stereocenters. The van der Waals surface area contributed by atoms with Crippen LogP contribution in [0.15, 0.2) is 157 Å². The van der Waals surface area contributed by atoms with E-state index < -0.39 is 11.2 Å². The smallest absolute Gasteiger partial charge is 0.344 e. The van der Waals surface area contributed by atoms with Gasteiger partial charge in [0.15, 0.2) is 6.61 Å². The third-order valence-corrected chi connectivity index (χ3v) is 14.1. The molecule has 1 aliphatic rings. The highest BCUT2D eigenvalue weighted by Crippen LogP contribution is 2.37. The lowest BCUT2D eigenvalue weighted by molar-refractivity contribution is -0.157. The highest BCUT2D eigenvalue weighted by Gasteiger charge is 2.23. The van der Waals surface area contributed by atoms with Crippen LogP contribution < -0.4 is 4.74 Å². The van der Waals surface area contributed by atoms with Gasteiger partial charge < -0.3 is 18.9 Å². The number of aryl methyl sites for hydroxylation is 5. The number of benzene rings is 5. The number of carbonyl (C=O) groups is 2. The molecule has 0 saturated heterocycles. The van der Waals surface area contributed by atoms with Crippen molar-refractivity contribution in [3.05, 3.63) is 207 Å². The Bertz CT molecular complexity index is 2680. The molecule has 0 heterocycles. The molecule has 5 aromatic carbocycles. The van der Waals surface area contributed by atoms with Crippen LogP contribution in [0, 0.1) is 5.92 Å². The topological polar surface area (TPSA) is 71.1 Å². The van der Waals surface area contributed by atoms with Gasteiger partial charge in [0.25, 0.3) is 0 Å². The Balaban J connectivity index is 1.18. The van der Waals surface area contributed by atoms with E-state index in [0.717, 1.165) is 94.8 Å². The first-order chi connectivity index (χ1) is 36.5. The van der Waals surface area contributed by atoms with Gasteiger partial charge in [0, 0.05) is 12.8 Å². The first kappa shape index (κ1) is 60.1. The van der Waals surface area contributed by atoms with E-state index in [4.69, 9.17) is 18.9 Å². The maximum Gasteiger partial charge on any atom is 0.344 e. The van der Waals surface area contributed by atoms with Crippen LogP contribution in [0.2, 0.25) is 0 Å². The van der Waals surface area contributed by atoms with Crippen molar-refractivity contribution in [2.75, 3.05) is 6.61 Å². The molecule has 2 unspecified atom stereocenters. The molecule has 1 aliphatic carbocycles. The molecular weight excluding hydrogens is 949 g/mol. The Labute approximate surface area is 464 Å². The Hall–Kier alpha value is -6.14. The molecule has 6 nitrogen and oxygen atoms in total. The minimum Gasteiger partial charge on any atom is -0.493 e. The number of hydrogen-bond donors (Lipinski definition) is 0. The minimum atomic E-state index is -0.543. The summed E-state index contributed by atoms with van der Waals surface area (Å²) >= 11 is 0. The summed E-state index contributed by atoms with van der Waals surface area (Å²) in [5.41, 5.74) is 13.7. The number of carbonyl (C=O) groups excluding carboxylic acids is 2. The van der Waals surface area contributed by atoms with Crippen LogP contribution in [0.25, 0.3) is 0 Å². The maximum absolute atomic E-state index is 12.6. The number of esters is 2. The summed E-state index contributed by atoms with van der Waals surface area (Å²) in [5.74, 6) is 2.25. The van der Waals surface area contributed by atoms with Crippen LogP contribution in [0.5, 0.6) is 5.75 Å². The molecule has 77 heavy (non-hydrogen) atoms. The molecule has 0 N–H and O–H groups in total. The lowest BCUT2D eigenvalue weighted by Gasteiger charge is -2.26. The van der Waals surface area contributed by atoms with E-state index in [1.807, 2.05) is 53.7 Å². The molecule has 6 rings (SSSR count). The lowest BCUT2D eigenvalue weighted by atomic mass is 9.79. The van der Waals surface area contributed by atoms with E-state index in [0.29, 0.717) is 36.3 Å². The van der Waals surface area contributed by atoms with Crippen LogP contribution >= 0.6 is 0 Å². The molecule has 0 bridgehead atoms. The monoisotopic (exact) mass is 1040 g/mol. The predicted octanol–water partition coefficient (Wildman–Crippen LogP) is 17.5. The molecule has 6 heteroatoms. The summed E-state index contributed by atoms with van der Waals surface area (Å²) in [6, 6.07) is 45.3. The maximum atomic E-state index is 12.6. The van der Waals surface area contributed by atoms with Gasteiger partial charge in [0.1, 0.15) is 22.6 Å². The molecule has 5 aromatic rings. The summed E-state index contributed by atoms with van der Waals surface area (Å²) in [7, 11) is 0. The highest BCUT2D eigenvalue weighted by molar-refractivity contribution is 5.71. The Morgan fingerprint density at radius 3 is 1.38 bits per heavy atom. The normalized spacial score (nSPS) is 13.8. The minimum absolute atomic E-state index is 0.112. The SMILES string of the molecule is C=C(CCC1=CC=C(CCc2ccc(C(Cc3ccc(CCC(=O)OC(C)(C)C)cc3)CC(CCc3ccc(CC(C)C)cc3)c3ccc(CCc4ccc(OCC(=O)OC(C)(C)C)cc4)cc3)cc2)CC1)OC(C)(C)C. The molecule has 0 amide bonds. The van der Waals surface area contributed by atoms with Crippen LogP contribution in [0.4, 0.5) is 0 Å². The van der Waals surface area contributed by atoms with Crippen molar-refractivity contribution < 1.29 is 28.5 Å². The number of ether oxygens (including phenoxy) is 4. The van der Waals surface area contributed by atoms with E-state index in [1.54, 1.807) is 0 Å². The van der Waals surface area contributed by atoms with Crippen molar-refractivity contribution in [2.45, 2.75) is 201 Å². The summed E-state index contributed by atoms with van der Waals surface area (Å²) in [6.07, 6.45) is 18.9. The molecule has 0 spiro atoms. The fourth-order valence-corrected chi connectivity index (χ4v) is 10.2.